The van der Waals surface area contributed by atoms with Crippen LogP contribution in [-0.2, 0) is 4.74 Å². The molecule has 0 amide bonds. The monoisotopic (exact) mass is 419 g/mol. The SMILES string of the molecule is C[C@H](NC(=S)Nc1cccc(Br)c1)c1ccc(N2CCOCC2)cc1. The van der Waals surface area contributed by atoms with Gasteiger partial charge in [0, 0.05) is 28.9 Å². The first-order chi connectivity index (χ1) is 12.1. The summed E-state index contributed by atoms with van der Waals surface area (Å²) in [6.45, 7) is 5.62. The summed E-state index contributed by atoms with van der Waals surface area (Å²) in [7, 11) is 0. The lowest BCUT2D eigenvalue weighted by Crippen LogP contribution is -2.36. The molecule has 3 rings (SSSR count). The fourth-order valence-electron chi connectivity index (χ4n) is 2.81. The standard InChI is InChI=1S/C19H22BrN3OS/c1-14(21-19(25)22-17-4-2-3-16(20)13-17)15-5-7-18(8-6-15)23-9-11-24-12-10-23/h2-8,13-14H,9-12H2,1H3,(H2,21,22,25)/t14-/m0/s1. The van der Waals surface area contributed by atoms with E-state index in [9.17, 15) is 0 Å². The first kappa shape index (κ1) is 18.2. The van der Waals surface area contributed by atoms with E-state index in [1.807, 2.05) is 24.3 Å². The molecule has 1 heterocycles. The molecule has 25 heavy (non-hydrogen) atoms. The number of nitrogens with one attached hydrogen (secondary N) is 2. The van der Waals surface area contributed by atoms with Gasteiger partial charge in [0.2, 0.25) is 0 Å². The largest absolute Gasteiger partial charge is 0.378 e. The fraction of sp³-hybridized carbons (Fsp3) is 0.316. The second kappa shape index (κ2) is 8.65. The number of ether oxygens (including phenoxy) is 1. The van der Waals surface area contributed by atoms with E-state index in [-0.39, 0.29) is 6.04 Å². The lowest BCUT2D eigenvalue weighted by atomic mass is 10.1. The summed E-state index contributed by atoms with van der Waals surface area (Å²) in [6, 6.07) is 16.7. The van der Waals surface area contributed by atoms with Crippen molar-refractivity contribution in [2.45, 2.75) is 13.0 Å². The van der Waals surface area contributed by atoms with E-state index in [2.05, 4.69) is 62.7 Å². The number of halogens is 1. The molecule has 2 aromatic rings. The average Bonchev–Trinajstić information content (AvgIpc) is 2.62. The van der Waals surface area contributed by atoms with E-state index in [0.717, 1.165) is 36.5 Å². The van der Waals surface area contributed by atoms with Crippen LogP contribution in [0.1, 0.15) is 18.5 Å². The van der Waals surface area contributed by atoms with Crippen molar-refractivity contribution in [1.82, 2.24) is 5.32 Å². The minimum atomic E-state index is 0.130. The van der Waals surface area contributed by atoms with E-state index in [4.69, 9.17) is 17.0 Å². The number of thiocarbonyl (C=S) groups is 1. The molecule has 1 aliphatic heterocycles. The Kier molecular flexibility index (Phi) is 6.29. The molecule has 1 fully saturated rings. The summed E-state index contributed by atoms with van der Waals surface area (Å²) in [4.78, 5) is 2.35. The van der Waals surface area contributed by atoms with Gasteiger partial charge >= 0.3 is 0 Å². The van der Waals surface area contributed by atoms with Gasteiger partial charge in [-0.1, -0.05) is 34.1 Å². The highest BCUT2D eigenvalue weighted by Crippen LogP contribution is 2.21. The third kappa shape index (κ3) is 5.17. The molecule has 4 nitrogen and oxygen atoms in total. The molecule has 0 unspecified atom stereocenters. The fourth-order valence-corrected chi connectivity index (χ4v) is 3.50. The van der Waals surface area contributed by atoms with Crippen LogP contribution >= 0.6 is 28.1 Å². The van der Waals surface area contributed by atoms with Gasteiger partial charge in [-0.15, -0.1) is 0 Å². The Morgan fingerprint density at radius 2 is 1.88 bits per heavy atom. The Morgan fingerprint density at radius 1 is 1.16 bits per heavy atom. The molecule has 0 saturated carbocycles. The quantitative estimate of drug-likeness (QED) is 0.720. The molecule has 2 N–H and O–H groups in total. The first-order valence-corrected chi connectivity index (χ1v) is 9.58. The van der Waals surface area contributed by atoms with Crippen molar-refractivity contribution in [3.05, 3.63) is 58.6 Å². The topological polar surface area (TPSA) is 36.5 Å². The summed E-state index contributed by atoms with van der Waals surface area (Å²) < 4.78 is 6.43. The van der Waals surface area contributed by atoms with Crippen LogP contribution in [0, 0.1) is 0 Å². The molecule has 6 heteroatoms. The molecule has 1 aliphatic rings. The normalized spacial score (nSPS) is 15.5. The molecule has 0 radical (unpaired) electrons. The molecule has 0 spiro atoms. The van der Waals surface area contributed by atoms with Crippen molar-refractivity contribution >= 4 is 44.6 Å². The highest BCUT2D eigenvalue weighted by molar-refractivity contribution is 9.10. The van der Waals surface area contributed by atoms with Crippen molar-refractivity contribution < 1.29 is 4.74 Å². The van der Waals surface area contributed by atoms with Gasteiger partial charge in [0.15, 0.2) is 5.11 Å². The van der Waals surface area contributed by atoms with E-state index < -0.39 is 0 Å². The van der Waals surface area contributed by atoms with E-state index in [1.165, 1.54) is 11.3 Å². The number of nitrogens with zero attached hydrogens (tertiary/aromatic N) is 1. The zero-order valence-electron chi connectivity index (χ0n) is 14.2. The van der Waals surface area contributed by atoms with Crippen molar-refractivity contribution in [1.29, 1.82) is 0 Å². The van der Waals surface area contributed by atoms with Gasteiger partial charge in [-0.25, -0.2) is 0 Å². The molecule has 1 atom stereocenters. The number of hydrogen-bond donors (Lipinski definition) is 2. The van der Waals surface area contributed by atoms with Crippen LogP contribution in [0.4, 0.5) is 11.4 Å². The minimum Gasteiger partial charge on any atom is -0.378 e. The number of rotatable bonds is 4. The van der Waals surface area contributed by atoms with Crippen LogP contribution in [0.15, 0.2) is 53.0 Å². The number of hydrogen-bond acceptors (Lipinski definition) is 3. The molecule has 0 bridgehead atoms. The Hall–Kier alpha value is -1.63. The Bertz CT molecular complexity index is 717. The predicted octanol–water partition coefficient (Wildman–Crippen LogP) is 4.33. The Labute approximate surface area is 162 Å². The van der Waals surface area contributed by atoms with Gasteiger partial charge in [-0.2, -0.15) is 0 Å². The lowest BCUT2D eigenvalue weighted by molar-refractivity contribution is 0.122. The molecule has 132 valence electrons. The van der Waals surface area contributed by atoms with Crippen molar-refractivity contribution in [3.63, 3.8) is 0 Å². The van der Waals surface area contributed by atoms with E-state index in [0.29, 0.717) is 5.11 Å². The third-order valence-corrected chi connectivity index (χ3v) is 4.91. The Balaban J connectivity index is 1.57. The highest BCUT2D eigenvalue weighted by atomic mass is 79.9. The maximum Gasteiger partial charge on any atom is 0.171 e. The lowest BCUT2D eigenvalue weighted by Gasteiger charge is -2.29. The first-order valence-electron chi connectivity index (χ1n) is 8.37. The number of anilines is 2. The molecule has 0 aliphatic carbocycles. The summed E-state index contributed by atoms with van der Waals surface area (Å²) in [6.07, 6.45) is 0. The van der Waals surface area contributed by atoms with Crippen LogP contribution in [0.5, 0.6) is 0 Å². The van der Waals surface area contributed by atoms with E-state index in [1.54, 1.807) is 0 Å². The van der Waals surface area contributed by atoms with Crippen molar-refractivity contribution in [3.8, 4) is 0 Å². The summed E-state index contributed by atoms with van der Waals surface area (Å²) in [5.74, 6) is 0. The molecule has 1 saturated heterocycles. The minimum absolute atomic E-state index is 0.130. The maximum absolute atomic E-state index is 5.42. The van der Waals surface area contributed by atoms with Gasteiger partial charge < -0.3 is 20.3 Å². The Morgan fingerprint density at radius 3 is 2.56 bits per heavy atom. The van der Waals surface area contributed by atoms with Crippen LogP contribution < -0.4 is 15.5 Å². The van der Waals surface area contributed by atoms with Crippen LogP contribution in [-0.4, -0.2) is 31.4 Å². The van der Waals surface area contributed by atoms with Gasteiger partial charge in [0.05, 0.1) is 19.3 Å². The smallest absolute Gasteiger partial charge is 0.171 e. The van der Waals surface area contributed by atoms with Gasteiger partial charge in [-0.05, 0) is 55.0 Å². The number of morpholine rings is 1. The molecule has 0 aromatic heterocycles. The van der Waals surface area contributed by atoms with Crippen molar-refractivity contribution in [2.24, 2.45) is 0 Å². The second-order valence-corrected chi connectivity index (χ2v) is 7.35. The van der Waals surface area contributed by atoms with Crippen LogP contribution in [0.2, 0.25) is 0 Å². The van der Waals surface area contributed by atoms with Crippen LogP contribution in [0.3, 0.4) is 0 Å². The average molecular weight is 420 g/mol. The molecule has 2 aromatic carbocycles. The summed E-state index contributed by atoms with van der Waals surface area (Å²) in [5, 5.41) is 7.16. The zero-order valence-corrected chi connectivity index (χ0v) is 16.6. The van der Waals surface area contributed by atoms with Gasteiger partial charge in [0.25, 0.3) is 0 Å². The van der Waals surface area contributed by atoms with Gasteiger partial charge in [-0.3, -0.25) is 0 Å². The summed E-state index contributed by atoms with van der Waals surface area (Å²) in [5.41, 5.74) is 3.41. The van der Waals surface area contributed by atoms with E-state index >= 15 is 0 Å². The van der Waals surface area contributed by atoms with Gasteiger partial charge in [0.1, 0.15) is 0 Å². The second-order valence-electron chi connectivity index (χ2n) is 6.02. The maximum atomic E-state index is 5.42. The molecular weight excluding hydrogens is 398 g/mol. The zero-order chi connectivity index (χ0) is 17.6. The predicted molar refractivity (Wildman–Crippen MR) is 111 cm³/mol. The third-order valence-electron chi connectivity index (χ3n) is 4.20. The number of benzene rings is 2. The van der Waals surface area contributed by atoms with Crippen LogP contribution in [0.25, 0.3) is 0 Å². The van der Waals surface area contributed by atoms with Crippen molar-refractivity contribution in [2.75, 3.05) is 36.5 Å². The molecular formula is C19H22BrN3OS. The highest BCUT2D eigenvalue weighted by Gasteiger charge is 2.12. The summed E-state index contributed by atoms with van der Waals surface area (Å²) >= 11 is 8.89.